The maximum absolute atomic E-state index is 14.0. The van der Waals surface area contributed by atoms with Crippen molar-refractivity contribution < 1.29 is 31.6 Å². The van der Waals surface area contributed by atoms with Gasteiger partial charge in [0.1, 0.15) is 11.6 Å². The summed E-state index contributed by atoms with van der Waals surface area (Å²) >= 11 is 0. The Kier molecular flexibility index (Phi) is 5.86. The smallest absolute Gasteiger partial charge is 0.419 e. The van der Waals surface area contributed by atoms with Crippen LogP contribution in [0, 0.1) is 5.82 Å². The van der Waals surface area contributed by atoms with Crippen molar-refractivity contribution in [2.75, 3.05) is 5.32 Å². The van der Waals surface area contributed by atoms with Gasteiger partial charge in [0.15, 0.2) is 11.5 Å². The number of nitrogens with one attached hydrogen (secondary N) is 1. The first-order valence-corrected chi connectivity index (χ1v) is 8.60. The lowest BCUT2D eigenvalue weighted by Crippen LogP contribution is -2.09. The number of amides is 1. The molecule has 156 valence electrons. The summed E-state index contributed by atoms with van der Waals surface area (Å²) in [5.41, 5.74) is -1.46. The third-order valence-corrected chi connectivity index (χ3v) is 3.98. The normalized spacial score (nSPS) is 11.8. The van der Waals surface area contributed by atoms with Crippen molar-refractivity contribution in [3.05, 3.63) is 77.3 Å². The first kappa shape index (κ1) is 21.0. The van der Waals surface area contributed by atoms with Gasteiger partial charge in [-0.25, -0.2) is 4.39 Å². The van der Waals surface area contributed by atoms with Crippen LogP contribution < -0.4 is 5.32 Å². The molecule has 3 aromatic rings. The minimum Gasteiger partial charge on any atom is -0.456 e. The van der Waals surface area contributed by atoms with E-state index in [0.717, 1.165) is 24.3 Å². The second-order valence-corrected chi connectivity index (χ2v) is 6.28. The molecule has 0 aliphatic rings. The number of furan rings is 1. The molecule has 1 amide bonds. The number of benzene rings is 1. The van der Waals surface area contributed by atoms with E-state index in [9.17, 15) is 27.2 Å². The Balaban J connectivity index is 1.64. The zero-order valence-corrected chi connectivity index (χ0v) is 15.5. The number of ketones is 1. The molecule has 0 radical (unpaired) electrons. The average Bonchev–Trinajstić information content (AvgIpc) is 3.30. The van der Waals surface area contributed by atoms with Crippen LogP contribution in [0.1, 0.15) is 34.4 Å². The van der Waals surface area contributed by atoms with Gasteiger partial charge >= 0.3 is 6.18 Å². The summed E-state index contributed by atoms with van der Waals surface area (Å²) in [6.07, 6.45) is -0.111. The minimum atomic E-state index is -4.83. The molecule has 0 bridgehead atoms. The van der Waals surface area contributed by atoms with Gasteiger partial charge in [0, 0.05) is 24.8 Å². The highest BCUT2D eigenvalue weighted by Gasteiger charge is 2.34. The van der Waals surface area contributed by atoms with Crippen LogP contribution in [0.5, 0.6) is 0 Å². The van der Waals surface area contributed by atoms with Crippen molar-refractivity contribution in [1.29, 1.82) is 0 Å². The lowest BCUT2D eigenvalue weighted by Gasteiger charge is -2.09. The molecule has 2 aromatic heterocycles. The molecule has 0 unspecified atom stereocenters. The van der Waals surface area contributed by atoms with Gasteiger partial charge in [-0.3, -0.25) is 14.3 Å². The predicted molar refractivity (Wildman–Crippen MR) is 99.1 cm³/mol. The number of hydrogen-bond acceptors (Lipinski definition) is 4. The molecule has 30 heavy (non-hydrogen) atoms. The standard InChI is InChI=1S/C20H15F4N3O3/c1-12(28)17-7-6-15(30-17)11-27-10-14(9-25-27)26-18(29)8-5-13-3-2-4-16(19(13)21)20(22,23)24/h2-10H,11H2,1H3,(H,26,29). The molecule has 0 saturated carbocycles. The quantitative estimate of drug-likeness (QED) is 0.360. The Morgan fingerprint density at radius 2 is 2.00 bits per heavy atom. The summed E-state index contributed by atoms with van der Waals surface area (Å²) in [7, 11) is 0. The highest BCUT2D eigenvalue weighted by atomic mass is 19.4. The van der Waals surface area contributed by atoms with Crippen molar-refractivity contribution in [3.8, 4) is 0 Å². The Morgan fingerprint density at radius 3 is 2.67 bits per heavy atom. The molecule has 2 heterocycles. The number of anilines is 1. The van der Waals surface area contributed by atoms with E-state index in [1.54, 1.807) is 12.1 Å². The van der Waals surface area contributed by atoms with Crippen molar-refractivity contribution >= 4 is 23.5 Å². The zero-order chi connectivity index (χ0) is 21.9. The van der Waals surface area contributed by atoms with Gasteiger partial charge in [0.25, 0.3) is 0 Å². The van der Waals surface area contributed by atoms with E-state index >= 15 is 0 Å². The van der Waals surface area contributed by atoms with E-state index in [1.807, 2.05) is 0 Å². The third-order valence-electron chi connectivity index (χ3n) is 3.98. The molecule has 0 spiro atoms. The second-order valence-electron chi connectivity index (χ2n) is 6.28. The molecule has 0 aliphatic carbocycles. The van der Waals surface area contributed by atoms with Gasteiger partial charge in [-0.05, 0) is 24.3 Å². The van der Waals surface area contributed by atoms with Crippen molar-refractivity contribution in [2.45, 2.75) is 19.6 Å². The number of carbonyl (C=O) groups is 2. The summed E-state index contributed by atoms with van der Waals surface area (Å²) in [4.78, 5) is 23.2. The van der Waals surface area contributed by atoms with Gasteiger partial charge < -0.3 is 9.73 Å². The number of rotatable bonds is 6. The van der Waals surface area contributed by atoms with Crippen molar-refractivity contribution in [3.63, 3.8) is 0 Å². The highest BCUT2D eigenvalue weighted by Crippen LogP contribution is 2.32. The maximum atomic E-state index is 14.0. The van der Waals surface area contributed by atoms with Crippen LogP contribution in [0.2, 0.25) is 0 Å². The number of halogens is 4. The fraction of sp³-hybridized carbons (Fsp3) is 0.150. The van der Waals surface area contributed by atoms with E-state index in [2.05, 4.69) is 10.4 Å². The van der Waals surface area contributed by atoms with Crippen molar-refractivity contribution in [1.82, 2.24) is 9.78 Å². The maximum Gasteiger partial charge on any atom is 0.419 e. The fourth-order valence-electron chi connectivity index (χ4n) is 2.57. The number of carbonyl (C=O) groups excluding carboxylic acids is 2. The number of Topliss-reactive ketones (excluding diaryl/α,β-unsaturated/α-hetero) is 1. The summed E-state index contributed by atoms with van der Waals surface area (Å²) < 4.78 is 59.0. The topological polar surface area (TPSA) is 77.1 Å². The summed E-state index contributed by atoms with van der Waals surface area (Å²) in [5.74, 6) is -1.63. The Hall–Kier alpha value is -3.69. The van der Waals surface area contributed by atoms with Gasteiger partial charge in [-0.2, -0.15) is 18.3 Å². The Morgan fingerprint density at radius 1 is 1.23 bits per heavy atom. The minimum absolute atomic E-state index is 0.210. The molecular weight excluding hydrogens is 406 g/mol. The molecule has 3 rings (SSSR count). The van der Waals surface area contributed by atoms with Crippen LogP contribution in [0.25, 0.3) is 6.08 Å². The van der Waals surface area contributed by atoms with E-state index < -0.39 is 23.5 Å². The zero-order valence-electron chi connectivity index (χ0n) is 15.5. The highest BCUT2D eigenvalue weighted by molar-refractivity contribution is 6.01. The molecule has 1 aromatic carbocycles. The van der Waals surface area contributed by atoms with Crippen LogP contribution in [0.4, 0.5) is 23.2 Å². The van der Waals surface area contributed by atoms with Gasteiger partial charge in [0.05, 0.1) is 24.0 Å². The summed E-state index contributed by atoms with van der Waals surface area (Å²) in [5, 5.41) is 6.51. The van der Waals surface area contributed by atoms with Crippen LogP contribution in [-0.2, 0) is 17.5 Å². The van der Waals surface area contributed by atoms with E-state index in [-0.39, 0.29) is 23.7 Å². The molecular formula is C20H15F4N3O3. The summed E-state index contributed by atoms with van der Waals surface area (Å²) in [6, 6.07) is 5.98. The average molecular weight is 421 g/mol. The molecule has 6 nitrogen and oxygen atoms in total. The van der Waals surface area contributed by atoms with E-state index in [4.69, 9.17) is 4.42 Å². The number of nitrogens with zero attached hydrogens (tertiary/aromatic N) is 2. The molecule has 10 heteroatoms. The van der Waals surface area contributed by atoms with Crippen LogP contribution in [0.15, 0.2) is 53.2 Å². The lowest BCUT2D eigenvalue weighted by molar-refractivity contribution is -0.140. The van der Waals surface area contributed by atoms with Crippen LogP contribution in [0.3, 0.4) is 0 Å². The van der Waals surface area contributed by atoms with Crippen LogP contribution in [-0.4, -0.2) is 21.5 Å². The Bertz CT molecular complexity index is 1110. The molecule has 0 fully saturated rings. The van der Waals surface area contributed by atoms with Crippen molar-refractivity contribution in [2.24, 2.45) is 0 Å². The largest absolute Gasteiger partial charge is 0.456 e. The first-order valence-electron chi connectivity index (χ1n) is 8.60. The molecule has 0 aliphatic heterocycles. The molecule has 1 N–H and O–H groups in total. The lowest BCUT2D eigenvalue weighted by atomic mass is 10.1. The fourth-order valence-corrected chi connectivity index (χ4v) is 2.57. The molecule has 0 atom stereocenters. The van der Waals surface area contributed by atoms with Gasteiger partial charge in [0.2, 0.25) is 5.91 Å². The van der Waals surface area contributed by atoms with Crippen LogP contribution >= 0.6 is 0 Å². The van der Waals surface area contributed by atoms with Gasteiger partial charge in [-0.1, -0.05) is 12.1 Å². The summed E-state index contributed by atoms with van der Waals surface area (Å²) in [6.45, 7) is 1.59. The Labute approximate surface area is 167 Å². The molecule has 0 saturated heterocycles. The van der Waals surface area contributed by atoms with E-state index in [0.29, 0.717) is 17.5 Å². The van der Waals surface area contributed by atoms with Gasteiger partial charge in [-0.15, -0.1) is 0 Å². The number of hydrogen-bond donors (Lipinski definition) is 1. The number of aromatic nitrogens is 2. The monoisotopic (exact) mass is 421 g/mol. The first-order chi connectivity index (χ1) is 14.1. The SMILES string of the molecule is CC(=O)c1ccc(Cn2cc(NC(=O)C=Cc3cccc(C(F)(F)F)c3F)cn2)o1. The second kappa shape index (κ2) is 8.36. The third kappa shape index (κ3) is 5.02. The predicted octanol–water partition coefficient (Wildman–Crippen LogP) is 4.54. The van der Waals surface area contributed by atoms with E-state index in [1.165, 1.54) is 24.0 Å². The number of alkyl halides is 3.